The van der Waals surface area contributed by atoms with Crippen molar-refractivity contribution in [3.8, 4) is 17.6 Å². The second-order valence-corrected chi connectivity index (χ2v) is 4.99. The van der Waals surface area contributed by atoms with Crippen molar-refractivity contribution in [3.63, 3.8) is 0 Å². The smallest absolute Gasteiger partial charge is 0.414 e. The Bertz CT molecular complexity index is 679. The molecule has 1 aromatic rings. The first-order valence-electron chi connectivity index (χ1n) is 6.48. The Morgan fingerprint density at radius 1 is 1.35 bits per heavy atom. The predicted molar refractivity (Wildman–Crippen MR) is 86.0 cm³/mol. The van der Waals surface area contributed by atoms with Crippen LogP contribution in [0.3, 0.4) is 0 Å². The number of benzene rings is 1. The zero-order valence-electron chi connectivity index (χ0n) is 12.8. The van der Waals surface area contributed by atoms with Gasteiger partial charge in [-0.15, -0.1) is 0 Å². The minimum absolute atomic E-state index is 0.112. The third kappa shape index (κ3) is 5.00. The number of amides is 2. The van der Waals surface area contributed by atoms with Gasteiger partial charge in [0.15, 0.2) is 11.5 Å². The number of nitriles is 1. The van der Waals surface area contributed by atoms with Crippen LogP contribution < -0.4 is 14.8 Å². The maximum Gasteiger partial charge on any atom is 0.414 e. The lowest BCUT2D eigenvalue weighted by atomic mass is 10.1. The van der Waals surface area contributed by atoms with Crippen molar-refractivity contribution < 1.29 is 23.8 Å². The molecule has 1 aromatic carbocycles. The highest BCUT2D eigenvalue weighted by Crippen LogP contribution is 2.35. The number of alkyl carbamates (subject to hydrolysis) is 1. The van der Waals surface area contributed by atoms with Crippen molar-refractivity contribution >= 4 is 34.0 Å². The van der Waals surface area contributed by atoms with E-state index in [1.54, 1.807) is 25.1 Å². The Morgan fingerprint density at radius 3 is 2.57 bits per heavy atom. The van der Waals surface area contributed by atoms with Gasteiger partial charge in [0.2, 0.25) is 0 Å². The van der Waals surface area contributed by atoms with Crippen LogP contribution >= 0.6 is 15.9 Å². The molecule has 8 heteroatoms. The summed E-state index contributed by atoms with van der Waals surface area (Å²) in [6.07, 6.45) is 0.373. The average molecular weight is 383 g/mol. The van der Waals surface area contributed by atoms with Crippen LogP contribution in [-0.2, 0) is 9.53 Å². The maximum atomic E-state index is 11.9. The molecule has 7 nitrogen and oxygen atoms in total. The Hall–Kier alpha value is -2.53. The molecule has 0 fully saturated rings. The fraction of sp³-hybridized carbons (Fsp3) is 0.267. The van der Waals surface area contributed by atoms with Crippen LogP contribution in [0.15, 0.2) is 22.2 Å². The number of ether oxygens (including phenoxy) is 3. The SMILES string of the molecule is CCOC(=O)NC(=O)/C(C#N)=C/c1cc(Br)cc(OC)c1OC. The summed E-state index contributed by atoms with van der Waals surface area (Å²) in [6, 6.07) is 5.07. The molecule has 0 aliphatic carbocycles. The van der Waals surface area contributed by atoms with Gasteiger partial charge in [0, 0.05) is 10.0 Å². The normalized spacial score (nSPS) is 10.5. The average Bonchev–Trinajstić information content (AvgIpc) is 2.51. The molecular formula is C15H15BrN2O5. The second-order valence-electron chi connectivity index (χ2n) is 4.07. The summed E-state index contributed by atoms with van der Waals surface area (Å²) >= 11 is 3.30. The van der Waals surface area contributed by atoms with E-state index in [1.807, 2.05) is 5.32 Å². The summed E-state index contributed by atoms with van der Waals surface area (Å²) in [7, 11) is 2.91. The number of methoxy groups -OCH3 is 2. The summed E-state index contributed by atoms with van der Waals surface area (Å²) in [5, 5.41) is 11.1. The zero-order chi connectivity index (χ0) is 17.4. The van der Waals surface area contributed by atoms with Crippen molar-refractivity contribution in [2.24, 2.45) is 0 Å². The molecule has 0 bridgehead atoms. The van der Waals surface area contributed by atoms with Gasteiger partial charge in [0.25, 0.3) is 5.91 Å². The van der Waals surface area contributed by atoms with E-state index in [0.29, 0.717) is 21.5 Å². The third-order valence-electron chi connectivity index (χ3n) is 2.63. The fourth-order valence-corrected chi connectivity index (χ4v) is 2.15. The Morgan fingerprint density at radius 2 is 2.04 bits per heavy atom. The molecule has 0 unspecified atom stereocenters. The molecule has 1 rings (SSSR count). The van der Waals surface area contributed by atoms with Crippen LogP contribution in [0, 0.1) is 11.3 Å². The monoisotopic (exact) mass is 382 g/mol. The molecule has 0 saturated carbocycles. The number of hydrogen-bond acceptors (Lipinski definition) is 6. The maximum absolute atomic E-state index is 11.9. The van der Waals surface area contributed by atoms with Crippen molar-refractivity contribution in [2.75, 3.05) is 20.8 Å². The summed E-state index contributed by atoms with van der Waals surface area (Å²) in [5.41, 5.74) is 0.158. The molecule has 0 saturated heterocycles. The zero-order valence-corrected chi connectivity index (χ0v) is 14.4. The van der Waals surface area contributed by atoms with E-state index in [4.69, 9.17) is 14.7 Å². The minimum Gasteiger partial charge on any atom is -0.493 e. The van der Waals surface area contributed by atoms with Crippen LogP contribution in [0.2, 0.25) is 0 Å². The lowest BCUT2D eigenvalue weighted by Gasteiger charge is -2.11. The van der Waals surface area contributed by atoms with E-state index < -0.39 is 12.0 Å². The van der Waals surface area contributed by atoms with Crippen LogP contribution in [0.4, 0.5) is 4.79 Å². The third-order valence-corrected chi connectivity index (χ3v) is 3.09. The highest BCUT2D eigenvalue weighted by molar-refractivity contribution is 9.10. The Balaban J connectivity index is 3.21. The largest absolute Gasteiger partial charge is 0.493 e. The number of imide groups is 1. The lowest BCUT2D eigenvalue weighted by Crippen LogP contribution is -2.31. The lowest BCUT2D eigenvalue weighted by molar-refractivity contribution is -0.116. The van der Waals surface area contributed by atoms with Gasteiger partial charge in [-0.25, -0.2) is 4.79 Å². The van der Waals surface area contributed by atoms with E-state index >= 15 is 0 Å². The van der Waals surface area contributed by atoms with E-state index in [0.717, 1.165) is 0 Å². The summed E-state index contributed by atoms with van der Waals surface area (Å²) in [6.45, 7) is 1.71. The first-order valence-corrected chi connectivity index (χ1v) is 7.27. The molecule has 0 atom stereocenters. The highest BCUT2D eigenvalue weighted by Gasteiger charge is 2.16. The molecule has 0 heterocycles. The highest BCUT2D eigenvalue weighted by atomic mass is 79.9. The van der Waals surface area contributed by atoms with E-state index in [2.05, 4.69) is 20.7 Å². The number of rotatable bonds is 5. The van der Waals surface area contributed by atoms with Gasteiger partial charge in [-0.3, -0.25) is 10.1 Å². The van der Waals surface area contributed by atoms with Gasteiger partial charge in [-0.2, -0.15) is 5.26 Å². The number of nitrogens with one attached hydrogen (secondary N) is 1. The number of halogens is 1. The summed E-state index contributed by atoms with van der Waals surface area (Å²) in [4.78, 5) is 23.2. The first kappa shape index (κ1) is 18.5. The van der Waals surface area contributed by atoms with Gasteiger partial charge >= 0.3 is 6.09 Å². The van der Waals surface area contributed by atoms with Crippen LogP contribution in [0.25, 0.3) is 6.08 Å². The van der Waals surface area contributed by atoms with Gasteiger partial charge in [-0.05, 0) is 25.1 Å². The van der Waals surface area contributed by atoms with Crippen molar-refractivity contribution in [2.45, 2.75) is 6.92 Å². The predicted octanol–water partition coefficient (Wildman–Crippen LogP) is 2.65. The van der Waals surface area contributed by atoms with Crippen molar-refractivity contribution in [1.29, 1.82) is 5.26 Å². The molecule has 23 heavy (non-hydrogen) atoms. The fourth-order valence-electron chi connectivity index (χ4n) is 1.70. The Labute approximate surface area is 141 Å². The van der Waals surface area contributed by atoms with Gasteiger partial charge in [0.1, 0.15) is 11.6 Å². The molecule has 0 radical (unpaired) electrons. The van der Waals surface area contributed by atoms with Gasteiger partial charge in [-0.1, -0.05) is 15.9 Å². The minimum atomic E-state index is -0.919. The summed E-state index contributed by atoms with van der Waals surface area (Å²) < 4.78 is 15.7. The van der Waals surface area contributed by atoms with Crippen molar-refractivity contribution in [1.82, 2.24) is 5.32 Å². The molecule has 0 aliphatic rings. The molecule has 0 spiro atoms. The molecule has 1 N–H and O–H groups in total. The standard InChI is InChI=1S/C15H15BrN2O5/c1-4-23-15(20)18-14(19)10(8-17)5-9-6-11(16)7-12(21-2)13(9)22-3/h5-7H,4H2,1-3H3,(H,18,19,20)/b10-5+. The van der Waals surface area contributed by atoms with Crippen LogP contribution in [-0.4, -0.2) is 32.8 Å². The molecule has 2 amide bonds. The number of hydrogen-bond donors (Lipinski definition) is 1. The summed E-state index contributed by atoms with van der Waals surface area (Å²) in [5.74, 6) is -0.0875. The van der Waals surface area contributed by atoms with E-state index in [9.17, 15) is 9.59 Å². The van der Waals surface area contributed by atoms with Crippen LogP contribution in [0.5, 0.6) is 11.5 Å². The van der Waals surface area contributed by atoms with Crippen molar-refractivity contribution in [3.05, 3.63) is 27.7 Å². The molecule has 122 valence electrons. The topological polar surface area (TPSA) is 97.7 Å². The van der Waals surface area contributed by atoms with E-state index in [1.165, 1.54) is 20.3 Å². The van der Waals surface area contributed by atoms with Gasteiger partial charge < -0.3 is 14.2 Å². The van der Waals surface area contributed by atoms with Crippen LogP contribution in [0.1, 0.15) is 12.5 Å². The first-order chi connectivity index (χ1) is 11.0. The number of carbonyl (C=O) groups excluding carboxylic acids is 2. The number of nitrogens with zero attached hydrogens (tertiary/aromatic N) is 1. The molecule has 0 aliphatic heterocycles. The number of carbonyl (C=O) groups is 2. The van der Waals surface area contributed by atoms with Gasteiger partial charge in [0.05, 0.1) is 20.8 Å². The molecule has 0 aromatic heterocycles. The quantitative estimate of drug-likeness (QED) is 0.620. The Kier molecular flexibility index (Phi) is 7.09. The molecular weight excluding hydrogens is 368 g/mol. The second kappa shape index (κ2) is 8.80. The van der Waals surface area contributed by atoms with E-state index in [-0.39, 0.29) is 12.2 Å².